The summed E-state index contributed by atoms with van der Waals surface area (Å²) in [5, 5.41) is 0. The first-order chi connectivity index (χ1) is 18.0. The standard InChI is InChI=1S/C31H51NO5/c1-4-5-10-18-29(36-25-28-16-11-9-12-17-28)21-23-32-22-15-20-31(37-27(3)34)30(32)19-13-7-6-8-14-24-35-26(2)33/h9,11-12,16-17,29-31H,4-8,10,13-15,18-25H2,1-3H3. The zero-order valence-electron chi connectivity index (χ0n) is 23.6. The molecule has 3 atom stereocenters. The second-order valence-corrected chi connectivity index (χ2v) is 10.5. The Morgan fingerprint density at radius 1 is 0.946 bits per heavy atom. The number of hydrogen-bond donors (Lipinski definition) is 0. The molecule has 1 aromatic rings. The molecule has 2 rings (SSSR count). The number of carbonyl (C=O) groups excluding carboxylic acids is 2. The molecular formula is C31H51NO5. The van der Waals surface area contributed by atoms with Crippen molar-refractivity contribution in [2.75, 3.05) is 19.7 Å². The fourth-order valence-electron chi connectivity index (χ4n) is 5.32. The average Bonchev–Trinajstić information content (AvgIpc) is 2.88. The molecule has 1 fully saturated rings. The van der Waals surface area contributed by atoms with Crippen molar-refractivity contribution < 1.29 is 23.8 Å². The lowest BCUT2D eigenvalue weighted by Crippen LogP contribution is -2.50. The molecule has 0 saturated carbocycles. The third kappa shape index (κ3) is 14.0. The van der Waals surface area contributed by atoms with E-state index in [9.17, 15) is 9.59 Å². The number of likely N-dealkylation sites (tertiary alicyclic amines) is 1. The van der Waals surface area contributed by atoms with Crippen LogP contribution in [0.1, 0.15) is 110 Å². The highest BCUT2D eigenvalue weighted by molar-refractivity contribution is 5.66. The third-order valence-electron chi connectivity index (χ3n) is 7.30. The largest absolute Gasteiger partial charge is 0.466 e. The van der Waals surface area contributed by atoms with Gasteiger partial charge in [-0.05, 0) is 50.6 Å². The van der Waals surface area contributed by atoms with Crippen LogP contribution in [0, 0.1) is 0 Å². The van der Waals surface area contributed by atoms with E-state index in [2.05, 4.69) is 36.1 Å². The lowest BCUT2D eigenvalue weighted by molar-refractivity contribution is -0.153. The number of esters is 2. The Morgan fingerprint density at radius 2 is 1.70 bits per heavy atom. The number of unbranched alkanes of at least 4 members (excludes halogenated alkanes) is 6. The Balaban J connectivity index is 1.87. The second kappa shape index (κ2) is 19.2. The molecule has 1 aliphatic heterocycles. The monoisotopic (exact) mass is 517 g/mol. The number of ether oxygens (including phenoxy) is 3. The molecule has 37 heavy (non-hydrogen) atoms. The minimum Gasteiger partial charge on any atom is -0.466 e. The van der Waals surface area contributed by atoms with E-state index >= 15 is 0 Å². The summed E-state index contributed by atoms with van der Waals surface area (Å²) in [5.74, 6) is -0.377. The van der Waals surface area contributed by atoms with Gasteiger partial charge in [-0.25, -0.2) is 0 Å². The summed E-state index contributed by atoms with van der Waals surface area (Å²) < 4.78 is 17.2. The van der Waals surface area contributed by atoms with Crippen LogP contribution in [-0.2, 0) is 30.4 Å². The van der Waals surface area contributed by atoms with Crippen molar-refractivity contribution in [2.24, 2.45) is 0 Å². The minimum absolute atomic E-state index is 0.0148. The van der Waals surface area contributed by atoms with Crippen molar-refractivity contribution >= 4 is 11.9 Å². The molecule has 0 amide bonds. The second-order valence-electron chi connectivity index (χ2n) is 10.5. The van der Waals surface area contributed by atoms with Gasteiger partial charge in [0.25, 0.3) is 0 Å². The Morgan fingerprint density at radius 3 is 2.43 bits per heavy atom. The van der Waals surface area contributed by atoms with Gasteiger partial charge >= 0.3 is 11.9 Å². The number of piperidine rings is 1. The molecule has 0 aliphatic carbocycles. The van der Waals surface area contributed by atoms with Crippen molar-refractivity contribution in [3.63, 3.8) is 0 Å². The normalized spacial score (nSPS) is 18.9. The first-order valence-corrected chi connectivity index (χ1v) is 14.7. The van der Waals surface area contributed by atoms with Gasteiger partial charge in [-0.15, -0.1) is 0 Å². The van der Waals surface area contributed by atoms with E-state index in [1.54, 1.807) is 0 Å². The van der Waals surface area contributed by atoms with Crippen LogP contribution < -0.4 is 0 Å². The van der Waals surface area contributed by atoms with E-state index in [0.29, 0.717) is 13.2 Å². The summed E-state index contributed by atoms with van der Waals surface area (Å²) in [6, 6.07) is 10.7. The fraction of sp³-hybridized carbons (Fsp3) is 0.742. The van der Waals surface area contributed by atoms with E-state index in [4.69, 9.17) is 14.2 Å². The van der Waals surface area contributed by atoms with Gasteiger partial charge in [-0.1, -0.05) is 82.2 Å². The zero-order valence-corrected chi connectivity index (χ0v) is 23.6. The maximum Gasteiger partial charge on any atom is 0.302 e. The summed E-state index contributed by atoms with van der Waals surface area (Å²) in [4.78, 5) is 25.3. The molecule has 1 aromatic carbocycles. The smallest absolute Gasteiger partial charge is 0.302 e. The van der Waals surface area contributed by atoms with Gasteiger partial charge in [0.05, 0.1) is 19.3 Å². The van der Waals surface area contributed by atoms with Crippen LogP contribution in [0.15, 0.2) is 30.3 Å². The molecule has 1 aliphatic rings. The lowest BCUT2D eigenvalue weighted by atomic mass is 9.93. The topological polar surface area (TPSA) is 65.1 Å². The average molecular weight is 518 g/mol. The summed E-state index contributed by atoms with van der Waals surface area (Å²) in [6.45, 7) is 8.45. The predicted octanol–water partition coefficient (Wildman–Crippen LogP) is 6.84. The Kier molecular flexibility index (Phi) is 16.2. The SMILES string of the molecule is CCCCCC(CCN1CCCC(OC(C)=O)C1CCCCCCCOC(C)=O)OCc1ccccc1. The van der Waals surface area contributed by atoms with Crippen molar-refractivity contribution in [2.45, 2.75) is 129 Å². The summed E-state index contributed by atoms with van der Waals surface area (Å²) in [5.41, 5.74) is 1.22. The van der Waals surface area contributed by atoms with Gasteiger partial charge in [0.15, 0.2) is 0 Å². The number of nitrogens with zero attached hydrogens (tertiary/aromatic N) is 1. The van der Waals surface area contributed by atoms with Gasteiger partial charge in [-0.3, -0.25) is 14.5 Å². The van der Waals surface area contributed by atoms with E-state index in [-0.39, 0.29) is 30.2 Å². The first kappa shape index (κ1) is 31.3. The van der Waals surface area contributed by atoms with E-state index in [1.807, 2.05) is 6.07 Å². The maximum absolute atomic E-state index is 11.8. The zero-order chi connectivity index (χ0) is 26.7. The molecule has 6 heteroatoms. The van der Waals surface area contributed by atoms with Crippen LogP contribution in [0.3, 0.4) is 0 Å². The predicted molar refractivity (Wildman–Crippen MR) is 148 cm³/mol. The van der Waals surface area contributed by atoms with Crippen LogP contribution in [-0.4, -0.2) is 54.8 Å². The van der Waals surface area contributed by atoms with E-state index in [1.165, 1.54) is 38.7 Å². The highest BCUT2D eigenvalue weighted by Crippen LogP contribution is 2.26. The van der Waals surface area contributed by atoms with Crippen LogP contribution >= 0.6 is 0 Å². The Bertz CT molecular complexity index is 740. The molecule has 6 nitrogen and oxygen atoms in total. The van der Waals surface area contributed by atoms with Gasteiger partial charge < -0.3 is 14.2 Å². The van der Waals surface area contributed by atoms with Gasteiger partial charge in [0.1, 0.15) is 6.10 Å². The molecule has 0 N–H and O–H groups in total. The van der Waals surface area contributed by atoms with Crippen LogP contribution in [0.4, 0.5) is 0 Å². The summed E-state index contributed by atoms with van der Waals surface area (Å²) >= 11 is 0. The Labute approximate surface area is 225 Å². The highest BCUT2D eigenvalue weighted by Gasteiger charge is 2.33. The third-order valence-corrected chi connectivity index (χ3v) is 7.30. The molecule has 0 spiro atoms. The van der Waals surface area contributed by atoms with Crippen molar-refractivity contribution in [3.8, 4) is 0 Å². The van der Waals surface area contributed by atoms with Crippen molar-refractivity contribution in [1.82, 2.24) is 4.90 Å². The van der Waals surface area contributed by atoms with Crippen molar-refractivity contribution in [3.05, 3.63) is 35.9 Å². The molecule has 1 saturated heterocycles. The first-order valence-electron chi connectivity index (χ1n) is 14.7. The number of benzene rings is 1. The van der Waals surface area contributed by atoms with Crippen LogP contribution in [0.5, 0.6) is 0 Å². The number of rotatable bonds is 19. The fourth-order valence-corrected chi connectivity index (χ4v) is 5.32. The van der Waals surface area contributed by atoms with Crippen LogP contribution in [0.2, 0.25) is 0 Å². The molecular weight excluding hydrogens is 466 g/mol. The molecule has 3 unspecified atom stereocenters. The van der Waals surface area contributed by atoms with Gasteiger partial charge in [0.2, 0.25) is 0 Å². The summed E-state index contributed by atoms with van der Waals surface area (Å²) in [7, 11) is 0. The molecule has 0 bridgehead atoms. The maximum atomic E-state index is 11.8. The minimum atomic E-state index is -0.202. The molecule has 1 heterocycles. The molecule has 210 valence electrons. The number of hydrogen-bond acceptors (Lipinski definition) is 6. The van der Waals surface area contributed by atoms with Crippen LogP contribution in [0.25, 0.3) is 0 Å². The molecule has 0 aromatic heterocycles. The Hall–Kier alpha value is -1.92. The highest BCUT2D eigenvalue weighted by atomic mass is 16.5. The van der Waals surface area contributed by atoms with Crippen molar-refractivity contribution in [1.29, 1.82) is 0 Å². The van der Waals surface area contributed by atoms with Gasteiger partial charge in [-0.2, -0.15) is 0 Å². The summed E-state index contributed by atoms with van der Waals surface area (Å²) in [6.07, 6.45) is 14.5. The lowest BCUT2D eigenvalue weighted by Gasteiger charge is -2.41. The number of carbonyl (C=O) groups is 2. The van der Waals surface area contributed by atoms with E-state index in [0.717, 1.165) is 77.3 Å². The van der Waals surface area contributed by atoms with Gasteiger partial charge in [0, 0.05) is 26.4 Å². The quantitative estimate of drug-likeness (QED) is 0.148. The molecule has 0 radical (unpaired) electrons. The van der Waals surface area contributed by atoms with E-state index < -0.39 is 0 Å².